The number of amides is 1. The van der Waals surface area contributed by atoms with E-state index >= 15 is 0 Å². The summed E-state index contributed by atoms with van der Waals surface area (Å²) in [6, 6.07) is 0. The van der Waals surface area contributed by atoms with Crippen LogP contribution in [0.5, 0.6) is 0 Å². The van der Waals surface area contributed by atoms with Crippen LogP contribution in [-0.2, 0) is 9.63 Å². The average Bonchev–Trinajstić information content (AvgIpc) is 2.10. The van der Waals surface area contributed by atoms with Crippen LogP contribution in [0.1, 0.15) is 40.5 Å². The molecule has 0 saturated carbocycles. The Morgan fingerprint density at radius 3 is 2.35 bits per heavy atom. The van der Waals surface area contributed by atoms with Crippen molar-refractivity contribution in [1.82, 2.24) is 5.32 Å². The molecule has 0 atom stereocenters. The first-order chi connectivity index (χ1) is 7.52. The molecule has 1 amide bonds. The van der Waals surface area contributed by atoms with Gasteiger partial charge in [0.15, 0.2) is 0 Å². The van der Waals surface area contributed by atoms with Gasteiger partial charge in [0.1, 0.15) is 6.61 Å². The van der Waals surface area contributed by atoms with E-state index in [1.165, 1.54) is 0 Å². The smallest absolute Gasteiger partial charge is 0.294 e. The number of carbonyl (C=O) groups excluding carboxylic acids is 1. The van der Waals surface area contributed by atoms with Crippen LogP contribution in [0.2, 0.25) is 0 Å². The molecule has 100 valence electrons. The first kappa shape index (κ1) is 15.6. The van der Waals surface area contributed by atoms with E-state index in [0.29, 0.717) is 6.42 Å². The lowest BCUT2D eigenvalue weighted by Gasteiger charge is -2.26. The van der Waals surface area contributed by atoms with Crippen LogP contribution < -0.4 is 11.1 Å². The molecule has 3 N–H and O–H groups in total. The molecule has 0 aliphatic rings. The predicted molar refractivity (Wildman–Crippen MR) is 62.7 cm³/mol. The van der Waals surface area contributed by atoms with Crippen LogP contribution in [0.4, 0.5) is 0 Å². The summed E-state index contributed by atoms with van der Waals surface area (Å²) in [4.78, 5) is 25.8. The molecule has 0 radical (unpaired) electrons. The average molecular weight is 247 g/mol. The van der Waals surface area contributed by atoms with Crippen molar-refractivity contribution >= 4 is 5.91 Å². The fourth-order valence-corrected chi connectivity index (χ4v) is 1.13. The van der Waals surface area contributed by atoms with E-state index in [1.807, 2.05) is 13.8 Å². The lowest BCUT2D eigenvalue weighted by Crippen LogP contribution is -2.48. The SMILES string of the molecule is CC(C)(N)CCC(=O)NC(C)(C)CO[N+](=O)[O-]. The maximum absolute atomic E-state index is 11.6. The molecule has 0 aromatic carbocycles. The zero-order chi connectivity index (χ0) is 13.7. The zero-order valence-corrected chi connectivity index (χ0v) is 10.8. The van der Waals surface area contributed by atoms with Gasteiger partial charge >= 0.3 is 0 Å². The molecule has 7 heteroatoms. The minimum atomic E-state index is -0.878. The molecule has 17 heavy (non-hydrogen) atoms. The normalized spacial score (nSPS) is 12.1. The first-order valence-electron chi connectivity index (χ1n) is 5.39. The largest absolute Gasteiger partial charge is 0.349 e. The second-order valence-corrected chi connectivity index (χ2v) is 5.42. The Morgan fingerprint density at radius 2 is 1.94 bits per heavy atom. The summed E-state index contributed by atoms with van der Waals surface area (Å²) in [6.45, 7) is 6.80. The molecule has 0 unspecified atom stereocenters. The molecule has 0 rings (SSSR count). The van der Waals surface area contributed by atoms with E-state index in [2.05, 4.69) is 10.2 Å². The summed E-state index contributed by atoms with van der Waals surface area (Å²) < 4.78 is 0. The van der Waals surface area contributed by atoms with Crippen molar-refractivity contribution in [3.05, 3.63) is 10.1 Å². The Morgan fingerprint density at radius 1 is 1.41 bits per heavy atom. The summed E-state index contributed by atoms with van der Waals surface area (Å²) in [5.41, 5.74) is 4.57. The van der Waals surface area contributed by atoms with E-state index < -0.39 is 16.2 Å². The fraction of sp³-hybridized carbons (Fsp3) is 0.900. The Bertz CT molecular complexity index is 284. The Hall–Kier alpha value is -1.37. The molecule has 0 spiro atoms. The van der Waals surface area contributed by atoms with Gasteiger partial charge in [0.05, 0.1) is 5.54 Å². The molecule has 0 aromatic rings. The highest BCUT2D eigenvalue weighted by Gasteiger charge is 2.23. The van der Waals surface area contributed by atoms with Crippen molar-refractivity contribution in [1.29, 1.82) is 0 Å². The predicted octanol–water partition coefficient (Wildman–Crippen LogP) is 0.607. The summed E-state index contributed by atoms with van der Waals surface area (Å²) in [5, 5.41) is 11.8. The van der Waals surface area contributed by atoms with Crippen molar-refractivity contribution < 1.29 is 14.7 Å². The zero-order valence-electron chi connectivity index (χ0n) is 10.8. The molecule has 0 aliphatic carbocycles. The number of nitrogens with zero attached hydrogens (tertiary/aromatic N) is 1. The molecule has 0 heterocycles. The molecular formula is C10H21N3O4. The minimum absolute atomic E-state index is 0.183. The van der Waals surface area contributed by atoms with Gasteiger partial charge in [-0.15, -0.1) is 10.1 Å². The van der Waals surface area contributed by atoms with Crippen LogP contribution >= 0.6 is 0 Å². The third-order valence-corrected chi connectivity index (χ3v) is 2.01. The van der Waals surface area contributed by atoms with Gasteiger partial charge in [-0.3, -0.25) is 4.79 Å². The third kappa shape index (κ3) is 9.55. The number of hydrogen-bond donors (Lipinski definition) is 2. The first-order valence-corrected chi connectivity index (χ1v) is 5.39. The van der Waals surface area contributed by atoms with Crippen LogP contribution in [0.3, 0.4) is 0 Å². The second kappa shape index (κ2) is 5.81. The fourth-order valence-electron chi connectivity index (χ4n) is 1.13. The highest BCUT2D eigenvalue weighted by atomic mass is 16.9. The summed E-state index contributed by atoms with van der Waals surface area (Å²) in [6.07, 6.45) is 0.830. The van der Waals surface area contributed by atoms with E-state index in [0.717, 1.165) is 0 Å². The topological polar surface area (TPSA) is 107 Å². The lowest BCUT2D eigenvalue weighted by atomic mass is 9.99. The molecule has 0 aliphatic heterocycles. The van der Waals surface area contributed by atoms with Gasteiger partial charge in [0.2, 0.25) is 5.91 Å². The van der Waals surface area contributed by atoms with Crippen molar-refractivity contribution in [2.45, 2.75) is 51.6 Å². The van der Waals surface area contributed by atoms with Crippen LogP contribution in [0.15, 0.2) is 0 Å². The highest BCUT2D eigenvalue weighted by molar-refractivity contribution is 5.76. The molecule has 0 bridgehead atoms. The number of nitrogens with two attached hydrogens (primary N) is 1. The number of nitrogens with one attached hydrogen (secondary N) is 1. The Balaban J connectivity index is 4.05. The number of hydrogen-bond acceptors (Lipinski definition) is 5. The van der Waals surface area contributed by atoms with Crippen LogP contribution in [0.25, 0.3) is 0 Å². The van der Waals surface area contributed by atoms with Gasteiger partial charge in [-0.05, 0) is 34.1 Å². The maximum atomic E-state index is 11.6. The van der Waals surface area contributed by atoms with Crippen LogP contribution in [-0.4, -0.2) is 28.7 Å². The van der Waals surface area contributed by atoms with E-state index in [9.17, 15) is 14.9 Å². The highest BCUT2D eigenvalue weighted by Crippen LogP contribution is 2.09. The second-order valence-electron chi connectivity index (χ2n) is 5.42. The van der Waals surface area contributed by atoms with Gasteiger partial charge in [-0.1, -0.05) is 0 Å². The van der Waals surface area contributed by atoms with E-state index in [1.54, 1.807) is 13.8 Å². The third-order valence-electron chi connectivity index (χ3n) is 2.01. The van der Waals surface area contributed by atoms with Gasteiger partial charge in [-0.25, -0.2) is 0 Å². The molecular weight excluding hydrogens is 226 g/mol. The number of rotatable bonds is 7. The molecule has 7 nitrogen and oxygen atoms in total. The van der Waals surface area contributed by atoms with Gasteiger partial charge in [-0.2, -0.15) is 0 Å². The molecule has 0 aromatic heterocycles. The van der Waals surface area contributed by atoms with E-state index in [-0.39, 0.29) is 18.9 Å². The lowest BCUT2D eigenvalue weighted by molar-refractivity contribution is -0.759. The Labute approximate surface area is 101 Å². The molecule has 0 fully saturated rings. The summed E-state index contributed by atoms with van der Waals surface area (Å²) >= 11 is 0. The van der Waals surface area contributed by atoms with Crippen molar-refractivity contribution in [3.63, 3.8) is 0 Å². The van der Waals surface area contributed by atoms with Gasteiger partial charge < -0.3 is 15.9 Å². The van der Waals surface area contributed by atoms with E-state index in [4.69, 9.17) is 5.73 Å². The summed E-state index contributed by atoms with van der Waals surface area (Å²) in [7, 11) is 0. The quantitative estimate of drug-likeness (QED) is 0.506. The van der Waals surface area contributed by atoms with Crippen molar-refractivity contribution in [2.24, 2.45) is 5.73 Å². The summed E-state index contributed by atoms with van der Waals surface area (Å²) in [5.74, 6) is -0.194. The van der Waals surface area contributed by atoms with Crippen molar-refractivity contribution in [3.8, 4) is 0 Å². The van der Waals surface area contributed by atoms with Gasteiger partial charge in [0, 0.05) is 12.0 Å². The minimum Gasteiger partial charge on any atom is -0.349 e. The van der Waals surface area contributed by atoms with Crippen LogP contribution in [0, 0.1) is 10.1 Å². The number of carbonyl (C=O) groups is 1. The van der Waals surface area contributed by atoms with Crippen molar-refractivity contribution in [2.75, 3.05) is 6.61 Å². The van der Waals surface area contributed by atoms with Gasteiger partial charge in [0.25, 0.3) is 5.09 Å². The Kier molecular flexibility index (Phi) is 5.34. The standard InChI is InChI=1S/C10H21N3O4/c1-9(2,11)6-5-8(14)12-10(3,4)7-17-13(15)16/h5-7,11H2,1-4H3,(H,12,14). The maximum Gasteiger partial charge on any atom is 0.294 e. The molecule has 0 saturated heterocycles. The monoisotopic (exact) mass is 247 g/mol.